The van der Waals surface area contributed by atoms with Crippen molar-refractivity contribution in [1.29, 1.82) is 0 Å². The summed E-state index contributed by atoms with van der Waals surface area (Å²) in [6.07, 6.45) is 2.38. The lowest BCUT2D eigenvalue weighted by Crippen LogP contribution is -1.97. The number of Topliss-reactive ketones (excluding diaryl/α,β-unsaturated/α-hetero) is 1. The summed E-state index contributed by atoms with van der Waals surface area (Å²) < 4.78 is 4.28. The first-order valence-corrected chi connectivity index (χ1v) is 2.47. The molecule has 0 amide bonds. The van der Waals surface area contributed by atoms with E-state index in [0.29, 0.717) is 5.82 Å². The molecule has 0 bridgehead atoms. The Morgan fingerprint density at radius 1 is 1.89 bits per heavy atom. The Balaban J connectivity index is 2.58. The molecule has 0 saturated carbocycles. The summed E-state index contributed by atoms with van der Waals surface area (Å²) in [5, 5.41) is 3.39. The second kappa shape index (κ2) is 2.39. The van der Waals surface area contributed by atoms with Crippen LogP contribution in [0.15, 0.2) is 4.52 Å². The fraction of sp³-hybridized carbons (Fsp3) is 0.400. The van der Waals surface area contributed by atoms with Crippen LogP contribution < -0.4 is 0 Å². The Morgan fingerprint density at radius 2 is 2.67 bits per heavy atom. The van der Waals surface area contributed by atoms with E-state index < -0.39 is 0 Å². The number of rotatable bonds is 2. The fourth-order valence-electron chi connectivity index (χ4n) is 0.461. The Labute approximate surface area is 51.9 Å². The van der Waals surface area contributed by atoms with E-state index in [-0.39, 0.29) is 12.2 Å². The quantitative estimate of drug-likeness (QED) is 0.558. The summed E-state index contributed by atoms with van der Waals surface area (Å²) in [6.45, 7) is 1.47. The maximum absolute atomic E-state index is 10.4. The number of hydrogen-bond acceptors (Lipinski definition) is 4. The fourth-order valence-corrected chi connectivity index (χ4v) is 0.461. The van der Waals surface area contributed by atoms with Crippen LogP contribution in [0.25, 0.3) is 0 Å². The number of aromatic nitrogens is 2. The SMILES string of the molecule is CC(=O)Cc1n[c]on1. The van der Waals surface area contributed by atoms with E-state index in [2.05, 4.69) is 21.1 Å². The summed E-state index contributed by atoms with van der Waals surface area (Å²) >= 11 is 0. The molecule has 0 saturated heterocycles. The first-order chi connectivity index (χ1) is 4.29. The van der Waals surface area contributed by atoms with E-state index in [1.165, 1.54) is 6.92 Å². The minimum Gasteiger partial charge on any atom is -0.329 e. The summed E-state index contributed by atoms with van der Waals surface area (Å²) in [4.78, 5) is 13.9. The average Bonchev–Trinajstić information content (AvgIpc) is 2.15. The van der Waals surface area contributed by atoms with Crippen molar-refractivity contribution in [3.8, 4) is 0 Å². The Kier molecular flexibility index (Phi) is 1.58. The third-order valence-corrected chi connectivity index (χ3v) is 0.774. The van der Waals surface area contributed by atoms with Gasteiger partial charge in [-0.2, -0.15) is 4.98 Å². The number of carbonyl (C=O) groups excluding carboxylic acids is 1. The normalized spacial score (nSPS) is 9.44. The molecule has 0 fully saturated rings. The van der Waals surface area contributed by atoms with Gasteiger partial charge in [0.2, 0.25) is 0 Å². The lowest BCUT2D eigenvalue weighted by atomic mass is 10.3. The average molecular weight is 125 g/mol. The van der Waals surface area contributed by atoms with E-state index in [1.807, 2.05) is 0 Å². The van der Waals surface area contributed by atoms with Gasteiger partial charge < -0.3 is 4.52 Å². The molecule has 1 aromatic heterocycles. The van der Waals surface area contributed by atoms with Gasteiger partial charge in [-0.05, 0) is 6.92 Å². The highest BCUT2D eigenvalue weighted by molar-refractivity contribution is 5.77. The topological polar surface area (TPSA) is 56.0 Å². The Bertz CT molecular complexity index is 193. The maximum atomic E-state index is 10.4. The lowest BCUT2D eigenvalue weighted by molar-refractivity contribution is -0.116. The highest BCUT2D eigenvalue weighted by Gasteiger charge is 2.00. The van der Waals surface area contributed by atoms with Crippen molar-refractivity contribution in [2.75, 3.05) is 0 Å². The predicted molar refractivity (Wildman–Crippen MR) is 27.5 cm³/mol. The summed E-state index contributed by atoms with van der Waals surface area (Å²) in [5.41, 5.74) is 0. The molecule has 1 aromatic rings. The highest BCUT2D eigenvalue weighted by atomic mass is 16.5. The molecule has 0 aliphatic heterocycles. The molecule has 4 nitrogen and oxygen atoms in total. The van der Waals surface area contributed by atoms with Gasteiger partial charge in [-0.25, -0.2) is 0 Å². The third kappa shape index (κ3) is 1.64. The van der Waals surface area contributed by atoms with Gasteiger partial charge in [-0.3, -0.25) is 4.79 Å². The molecule has 0 aliphatic rings. The van der Waals surface area contributed by atoms with Crippen molar-refractivity contribution in [3.63, 3.8) is 0 Å². The molecule has 0 atom stereocenters. The third-order valence-electron chi connectivity index (χ3n) is 0.774. The number of hydrogen-bond donors (Lipinski definition) is 0. The van der Waals surface area contributed by atoms with Crippen molar-refractivity contribution < 1.29 is 9.32 Å². The molecule has 9 heavy (non-hydrogen) atoms. The van der Waals surface area contributed by atoms with Gasteiger partial charge in [-0.1, -0.05) is 5.16 Å². The Morgan fingerprint density at radius 3 is 3.11 bits per heavy atom. The van der Waals surface area contributed by atoms with Crippen molar-refractivity contribution >= 4 is 5.78 Å². The van der Waals surface area contributed by atoms with Crippen LogP contribution in [-0.4, -0.2) is 15.9 Å². The minimum absolute atomic E-state index is 0.0183. The summed E-state index contributed by atoms with van der Waals surface area (Å²) in [6, 6.07) is 0. The highest BCUT2D eigenvalue weighted by Crippen LogP contribution is 1.88. The van der Waals surface area contributed by atoms with Gasteiger partial charge in [-0.15, -0.1) is 0 Å². The van der Waals surface area contributed by atoms with Crippen LogP contribution in [0.2, 0.25) is 0 Å². The minimum atomic E-state index is 0.0183. The van der Waals surface area contributed by atoms with Gasteiger partial charge in [0.05, 0.1) is 6.42 Å². The smallest absolute Gasteiger partial charge is 0.316 e. The molecular formula is C5H5N2O2. The van der Waals surface area contributed by atoms with Gasteiger partial charge in [0, 0.05) is 0 Å². The molecule has 0 spiro atoms. The standard InChI is InChI=1S/C5H5N2O2/c1-4(8)2-5-6-3-9-7-5/h2H2,1H3. The van der Waals surface area contributed by atoms with Crippen molar-refractivity contribution in [2.24, 2.45) is 0 Å². The van der Waals surface area contributed by atoms with Crippen LogP contribution in [0.4, 0.5) is 0 Å². The van der Waals surface area contributed by atoms with Crippen molar-refractivity contribution in [1.82, 2.24) is 10.1 Å². The van der Waals surface area contributed by atoms with E-state index in [9.17, 15) is 4.79 Å². The monoisotopic (exact) mass is 125 g/mol. The van der Waals surface area contributed by atoms with Crippen LogP contribution in [0.1, 0.15) is 12.7 Å². The van der Waals surface area contributed by atoms with Crippen LogP contribution in [0, 0.1) is 6.39 Å². The summed E-state index contributed by atoms with van der Waals surface area (Å²) in [5.74, 6) is 0.410. The van der Waals surface area contributed by atoms with E-state index in [0.717, 1.165) is 0 Å². The predicted octanol–water partition coefficient (Wildman–Crippen LogP) is 0.00129. The van der Waals surface area contributed by atoms with Gasteiger partial charge in [0.15, 0.2) is 5.82 Å². The first kappa shape index (κ1) is 5.94. The maximum Gasteiger partial charge on any atom is 0.316 e. The van der Waals surface area contributed by atoms with Crippen molar-refractivity contribution in [2.45, 2.75) is 13.3 Å². The van der Waals surface area contributed by atoms with Crippen LogP contribution >= 0.6 is 0 Å². The van der Waals surface area contributed by atoms with Gasteiger partial charge >= 0.3 is 6.39 Å². The zero-order valence-corrected chi connectivity index (χ0v) is 4.92. The van der Waals surface area contributed by atoms with Crippen LogP contribution in [0.3, 0.4) is 0 Å². The number of ketones is 1. The summed E-state index contributed by atoms with van der Waals surface area (Å²) in [7, 11) is 0. The van der Waals surface area contributed by atoms with Gasteiger partial charge in [0.25, 0.3) is 0 Å². The number of nitrogens with zero attached hydrogens (tertiary/aromatic N) is 2. The molecule has 1 heterocycles. The van der Waals surface area contributed by atoms with E-state index in [4.69, 9.17) is 0 Å². The van der Waals surface area contributed by atoms with Crippen LogP contribution in [0.5, 0.6) is 0 Å². The molecule has 1 rings (SSSR count). The largest absolute Gasteiger partial charge is 0.329 e. The molecule has 47 valence electrons. The second-order valence-electron chi connectivity index (χ2n) is 1.68. The molecule has 4 heteroatoms. The number of carbonyl (C=O) groups is 1. The molecule has 0 aliphatic carbocycles. The van der Waals surface area contributed by atoms with Crippen LogP contribution in [-0.2, 0) is 11.2 Å². The van der Waals surface area contributed by atoms with E-state index >= 15 is 0 Å². The zero-order chi connectivity index (χ0) is 6.69. The zero-order valence-electron chi connectivity index (χ0n) is 4.92. The van der Waals surface area contributed by atoms with E-state index in [1.54, 1.807) is 0 Å². The molecule has 1 radical (unpaired) electrons. The van der Waals surface area contributed by atoms with Gasteiger partial charge in [0.1, 0.15) is 5.78 Å². The lowest BCUT2D eigenvalue weighted by Gasteiger charge is -1.81. The molecule has 0 aromatic carbocycles. The molecule has 0 N–H and O–H groups in total. The second-order valence-corrected chi connectivity index (χ2v) is 1.68. The Hall–Kier alpha value is -1.19. The van der Waals surface area contributed by atoms with Crippen molar-refractivity contribution in [3.05, 3.63) is 12.2 Å². The molecule has 0 unspecified atom stereocenters. The molecular weight excluding hydrogens is 120 g/mol. The first-order valence-electron chi connectivity index (χ1n) is 2.47.